The van der Waals surface area contributed by atoms with Crippen LogP contribution in [0.3, 0.4) is 0 Å². The summed E-state index contributed by atoms with van der Waals surface area (Å²) in [6.07, 6.45) is 0. The second-order valence-corrected chi connectivity index (χ2v) is 0.258. The third kappa shape index (κ3) is 42.6. The Labute approximate surface area is 54.7 Å². The van der Waals surface area contributed by atoms with E-state index in [-0.39, 0.29) is 35.9 Å². The van der Waals surface area contributed by atoms with Gasteiger partial charge >= 0.3 is 0 Å². The quantitative estimate of drug-likeness (QED) is 0.296. The van der Waals surface area contributed by atoms with Crippen molar-refractivity contribution in [2.45, 2.75) is 6.92 Å². The van der Waals surface area contributed by atoms with E-state index in [0.29, 0.717) is 0 Å². The summed E-state index contributed by atoms with van der Waals surface area (Å²) in [4.78, 5) is 0. The topological polar surface area (TPSA) is 20.2 Å². The number of aliphatic hydroxyl groups is 1. The summed E-state index contributed by atoms with van der Waals surface area (Å²) in [5.41, 5.74) is 0. The van der Waals surface area contributed by atoms with Crippen LogP contribution in [-0.2, 0) is 35.9 Å². The van der Waals surface area contributed by atoms with Gasteiger partial charge in [-0.05, 0) is 0 Å². The van der Waals surface area contributed by atoms with Crippen molar-refractivity contribution in [3.63, 3.8) is 0 Å². The predicted octanol–water partition coefficient (Wildman–Crippen LogP) is 0.268. The SMILES string of the molecule is C[CH-]O.[Au].[SH-]. The minimum Gasteiger partial charge on any atom is -0.813 e. The number of rotatable bonds is 0. The van der Waals surface area contributed by atoms with Crippen molar-refractivity contribution in [3.8, 4) is 0 Å². The van der Waals surface area contributed by atoms with E-state index in [9.17, 15) is 0 Å². The Morgan fingerprint density at radius 2 is 1.60 bits per heavy atom. The van der Waals surface area contributed by atoms with Gasteiger partial charge in [-0.3, -0.25) is 0 Å². The van der Waals surface area contributed by atoms with Crippen molar-refractivity contribution in [1.29, 1.82) is 0 Å². The molecule has 0 saturated carbocycles. The average molecular weight is 275 g/mol. The van der Waals surface area contributed by atoms with Gasteiger partial charge in [0.1, 0.15) is 0 Å². The summed E-state index contributed by atoms with van der Waals surface area (Å²) >= 11 is 0. The van der Waals surface area contributed by atoms with Crippen LogP contribution in [0.4, 0.5) is 0 Å². The zero-order chi connectivity index (χ0) is 2.71. The van der Waals surface area contributed by atoms with Crippen molar-refractivity contribution < 1.29 is 27.5 Å². The smallest absolute Gasteiger partial charge is 0 e. The first-order chi connectivity index (χ1) is 1.41. The Morgan fingerprint density at radius 3 is 1.60 bits per heavy atom. The number of hydrogen-bond acceptors (Lipinski definition) is 2. The monoisotopic (exact) mass is 275 g/mol. The summed E-state index contributed by atoms with van der Waals surface area (Å²) in [5.74, 6) is 0. The van der Waals surface area contributed by atoms with Gasteiger partial charge in [-0.2, -0.15) is 6.92 Å². The maximum atomic E-state index is 7.44. The molecule has 0 aliphatic rings. The summed E-state index contributed by atoms with van der Waals surface area (Å²) in [5, 5.41) is 7.44. The standard InChI is InChI=1S/C2H5O.Au.H2S/c1-2-3;;/h2-3H,1H3;;1H2/q-1;;/p-1. The molecule has 3 heteroatoms. The van der Waals surface area contributed by atoms with Gasteiger partial charge in [0, 0.05) is 22.4 Å². The molecular formula is C2H6AuOS-2. The Morgan fingerprint density at radius 1 is 1.60 bits per heavy atom. The molecule has 0 atom stereocenters. The van der Waals surface area contributed by atoms with Gasteiger partial charge in [-0.25, -0.2) is 6.61 Å². The molecule has 0 heterocycles. The summed E-state index contributed by atoms with van der Waals surface area (Å²) in [7, 11) is 0. The molecule has 0 fully saturated rings. The molecule has 0 aliphatic carbocycles. The van der Waals surface area contributed by atoms with Crippen molar-refractivity contribution in [2.24, 2.45) is 0 Å². The zero-order valence-corrected chi connectivity index (χ0v) is 5.83. The number of thiol groups is 1. The molecule has 0 aromatic carbocycles. The molecule has 1 N–H and O–H groups in total. The fourth-order valence-corrected chi connectivity index (χ4v) is 0. The summed E-state index contributed by atoms with van der Waals surface area (Å²) < 4.78 is 0. The van der Waals surface area contributed by atoms with E-state index >= 15 is 0 Å². The molecular weight excluding hydrogens is 269 g/mol. The van der Waals surface area contributed by atoms with Crippen molar-refractivity contribution in [2.75, 3.05) is 0 Å². The van der Waals surface area contributed by atoms with Crippen LogP contribution in [0.15, 0.2) is 0 Å². The van der Waals surface area contributed by atoms with Crippen LogP contribution < -0.4 is 0 Å². The molecule has 0 saturated heterocycles. The van der Waals surface area contributed by atoms with E-state index in [2.05, 4.69) is 0 Å². The van der Waals surface area contributed by atoms with E-state index in [1.54, 1.807) is 6.92 Å². The van der Waals surface area contributed by atoms with Crippen LogP contribution in [0.2, 0.25) is 0 Å². The molecule has 5 heavy (non-hydrogen) atoms. The molecule has 0 spiro atoms. The maximum absolute atomic E-state index is 7.44. The summed E-state index contributed by atoms with van der Waals surface area (Å²) in [6, 6.07) is 0. The second kappa shape index (κ2) is 19.7. The van der Waals surface area contributed by atoms with Gasteiger partial charge < -0.3 is 18.6 Å². The normalized spacial score (nSPS) is 3.60. The predicted molar refractivity (Wildman–Crippen MR) is 20.7 cm³/mol. The van der Waals surface area contributed by atoms with Crippen LogP contribution in [0.25, 0.3) is 0 Å². The van der Waals surface area contributed by atoms with E-state index < -0.39 is 0 Å². The molecule has 1 radical (unpaired) electrons. The first-order valence-corrected chi connectivity index (χ1v) is 0.836. The summed E-state index contributed by atoms with van der Waals surface area (Å²) in [6.45, 7) is 2.56. The Bertz CT molecular complexity index is 9.61. The fraction of sp³-hybridized carbons (Fsp3) is 0.500. The third-order valence-electron chi connectivity index (χ3n) is 0. The van der Waals surface area contributed by atoms with E-state index in [0.717, 1.165) is 6.61 Å². The van der Waals surface area contributed by atoms with Crippen LogP contribution in [0, 0.1) is 6.61 Å². The molecule has 0 unspecified atom stereocenters. The number of aliphatic hydroxyl groups excluding tert-OH is 1. The average Bonchev–Trinajstić information content (AvgIpc) is 0.918. The minimum atomic E-state index is 0. The van der Waals surface area contributed by atoms with Crippen molar-refractivity contribution >= 4 is 13.5 Å². The zero-order valence-electron chi connectivity index (χ0n) is 2.77. The minimum absolute atomic E-state index is 0. The fourth-order valence-electron chi connectivity index (χ4n) is 0. The number of hydrogen-bond donors (Lipinski definition) is 1. The largest absolute Gasteiger partial charge is 0.813 e. The third-order valence-corrected chi connectivity index (χ3v) is 0. The molecule has 0 amide bonds. The van der Waals surface area contributed by atoms with Gasteiger partial charge in [0.2, 0.25) is 0 Å². The molecule has 0 bridgehead atoms. The maximum Gasteiger partial charge on any atom is 0 e. The van der Waals surface area contributed by atoms with Gasteiger partial charge in [0.15, 0.2) is 0 Å². The molecule has 0 aromatic heterocycles. The van der Waals surface area contributed by atoms with Gasteiger partial charge in [-0.15, -0.1) is 0 Å². The van der Waals surface area contributed by atoms with Crippen molar-refractivity contribution in [1.82, 2.24) is 0 Å². The Balaban J connectivity index is -0.0000000200. The van der Waals surface area contributed by atoms with Gasteiger partial charge in [-0.1, -0.05) is 0 Å². The Kier molecular flexibility index (Phi) is 65.4. The molecule has 39 valence electrons. The molecule has 0 rings (SSSR count). The van der Waals surface area contributed by atoms with E-state index in [1.807, 2.05) is 0 Å². The second-order valence-electron chi connectivity index (χ2n) is 0.258. The van der Waals surface area contributed by atoms with Crippen LogP contribution in [-0.4, -0.2) is 5.11 Å². The van der Waals surface area contributed by atoms with Crippen LogP contribution >= 0.6 is 0 Å². The van der Waals surface area contributed by atoms with Crippen molar-refractivity contribution in [3.05, 3.63) is 6.61 Å². The Hall–Kier alpha value is 1.05. The van der Waals surface area contributed by atoms with E-state index in [4.69, 9.17) is 5.11 Å². The van der Waals surface area contributed by atoms with Crippen LogP contribution in [0.5, 0.6) is 0 Å². The molecule has 0 aromatic rings. The molecule has 0 aliphatic heterocycles. The molecule has 1 nitrogen and oxygen atoms in total. The van der Waals surface area contributed by atoms with E-state index in [1.165, 1.54) is 0 Å². The van der Waals surface area contributed by atoms with Gasteiger partial charge in [0.25, 0.3) is 0 Å². The van der Waals surface area contributed by atoms with Gasteiger partial charge in [0.05, 0.1) is 0 Å². The first kappa shape index (κ1) is 16.6. The first-order valence-electron chi connectivity index (χ1n) is 0.836. The van der Waals surface area contributed by atoms with Crippen LogP contribution in [0.1, 0.15) is 6.92 Å².